The van der Waals surface area contributed by atoms with E-state index in [1.807, 2.05) is 24.3 Å². The summed E-state index contributed by atoms with van der Waals surface area (Å²) in [5, 5.41) is 10.8. The van der Waals surface area contributed by atoms with E-state index in [0.29, 0.717) is 36.9 Å². The molecule has 0 radical (unpaired) electrons. The molecule has 178 valence electrons. The monoisotopic (exact) mass is 454 g/mol. The predicted molar refractivity (Wildman–Crippen MR) is 126 cm³/mol. The van der Waals surface area contributed by atoms with E-state index in [9.17, 15) is 14.7 Å². The first-order valence-corrected chi connectivity index (χ1v) is 11.6. The Kier molecular flexibility index (Phi) is 8.33. The molecular formula is C26H34N2O5. The lowest BCUT2D eigenvalue weighted by molar-refractivity contribution is -0.129. The van der Waals surface area contributed by atoms with Gasteiger partial charge in [0, 0.05) is 13.1 Å². The van der Waals surface area contributed by atoms with E-state index in [0.717, 1.165) is 19.5 Å². The van der Waals surface area contributed by atoms with E-state index in [1.165, 1.54) is 12.3 Å². The maximum Gasteiger partial charge on any atom is 0.290 e. The van der Waals surface area contributed by atoms with Gasteiger partial charge < -0.3 is 24.1 Å². The van der Waals surface area contributed by atoms with Crippen LogP contribution in [0, 0.1) is 5.92 Å². The molecular weight excluding hydrogens is 420 g/mol. The van der Waals surface area contributed by atoms with Gasteiger partial charge in [-0.2, -0.15) is 0 Å². The number of aliphatic hydroxyl groups excluding tert-OH is 1. The van der Waals surface area contributed by atoms with Gasteiger partial charge in [0.1, 0.15) is 5.75 Å². The number of likely N-dealkylation sites (N-methyl/N-ethyl adjacent to an activating group) is 1. The van der Waals surface area contributed by atoms with Gasteiger partial charge in [-0.15, -0.1) is 0 Å². The van der Waals surface area contributed by atoms with Crippen molar-refractivity contribution in [2.75, 3.05) is 32.8 Å². The van der Waals surface area contributed by atoms with E-state index in [2.05, 4.69) is 32.6 Å². The van der Waals surface area contributed by atoms with E-state index in [-0.39, 0.29) is 11.3 Å². The molecule has 1 amide bonds. The Labute approximate surface area is 195 Å². The number of carbonyl (C=O) groups is 2. The molecule has 1 aromatic carbocycles. The summed E-state index contributed by atoms with van der Waals surface area (Å²) in [6.45, 7) is 11.7. The van der Waals surface area contributed by atoms with Gasteiger partial charge in [-0.3, -0.25) is 9.59 Å². The Balaban J connectivity index is 1.95. The van der Waals surface area contributed by atoms with Crippen LogP contribution in [0.5, 0.6) is 5.75 Å². The Bertz CT molecular complexity index is 976. The minimum absolute atomic E-state index is 0.0360. The van der Waals surface area contributed by atoms with Crippen LogP contribution in [0.15, 0.2) is 58.4 Å². The zero-order valence-electron chi connectivity index (χ0n) is 19.9. The van der Waals surface area contributed by atoms with E-state index < -0.39 is 23.5 Å². The fraction of sp³-hybridized carbons (Fsp3) is 0.462. The van der Waals surface area contributed by atoms with Crippen LogP contribution in [0.2, 0.25) is 0 Å². The van der Waals surface area contributed by atoms with Crippen molar-refractivity contribution in [2.45, 2.75) is 40.2 Å². The second kappa shape index (κ2) is 11.2. The molecule has 2 heterocycles. The molecule has 7 heteroatoms. The van der Waals surface area contributed by atoms with Crippen molar-refractivity contribution in [3.63, 3.8) is 0 Å². The molecule has 2 aromatic rings. The molecule has 33 heavy (non-hydrogen) atoms. The summed E-state index contributed by atoms with van der Waals surface area (Å²) >= 11 is 0. The summed E-state index contributed by atoms with van der Waals surface area (Å²) in [6, 6.07) is 9.82. The number of ketones is 1. The number of aliphatic hydroxyl groups is 1. The molecule has 7 nitrogen and oxygen atoms in total. The minimum atomic E-state index is -0.723. The average molecular weight is 455 g/mol. The Morgan fingerprint density at radius 1 is 1.21 bits per heavy atom. The molecule has 1 aliphatic heterocycles. The standard InChI is InChI=1S/C26H34N2O5/c1-5-27(6-2)13-14-28-23(19-9-7-10-20(17-19)32-16-12-18(3)4)22(25(30)26(28)31)24(29)21-11-8-15-33-21/h7-11,15,17-18,23,30H,5-6,12-14,16H2,1-4H3. The molecule has 3 rings (SSSR count). The number of carbonyl (C=O) groups excluding carboxylic acids is 2. The highest BCUT2D eigenvalue weighted by atomic mass is 16.5. The summed E-state index contributed by atoms with van der Waals surface area (Å²) in [5.41, 5.74) is 0.748. The normalized spacial score (nSPS) is 16.4. The van der Waals surface area contributed by atoms with Crippen molar-refractivity contribution in [1.82, 2.24) is 9.80 Å². The van der Waals surface area contributed by atoms with Crippen molar-refractivity contribution in [2.24, 2.45) is 5.92 Å². The number of Topliss-reactive ketones (excluding diaryl/α,β-unsaturated/α-hetero) is 1. The highest BCUT2D eigenvalue weighted by Gasteiger charge is 2.44. The summed E-state index contributed by atoms with van der Waals surface area (Å²) < 4.78 is 11.2. The van der Waals surface area contributed by atoms with Crippen LogP contribution in [0.4, 0.5) is 0 Å². The summed E-state index contributed by atoms with van der Waals surface area (Å²) in [5.74, 6) is -0.286. The Morgan fingerprint density at radius 2 is 1.97 bits per heavy atom. The predicted octanol–water partition coefficient (Wildman–Crippen LogP) is 4.62. The molecule has 0 spiro atoms. The third kappa shape index (κ3) is 5.66. The van der Waals surface area contributed by atoms with Gasteiger partial charge in [-0.25, -0.2) is 0 Å². The summed E-state index contributed by atoms with van der Waals surface area (Å²) in [7, 11) is 0. The number of amides is 1. The SMILES string of the molecule is CCN(CC)CCN1C(=O)C(O)=C(C(=O)c2ccco2)C1c1cccc(OCCC(C)C)c1. The van der Waals surface area contributed by atoms with Crippen molar-refractivity contribution in [1.29, 1.82) is 0 Å². The van der Waals surface area contributed by atoms with E-state index >= 15 is 0 Å². The van der Waals surface area contributed by atoms with Crippen LogP contribution in [0.1, 0.15) is 56.3 Å². The number of rotatable bonds is 12. The molecule has 0 bridgehead atoms. The molecule has 0 aliphatic carbocycles. The van der Waals surface area contributed by atoms with Gasteiger partial charge in [0.15, 0.2) is 11.5 Å². The quantitative estimate of drug-likeness (QED) is 0.471. The molecule has 1 aliphatic rings. The number of nitrogens with zero attached hydrogens (tertiary/aromatic N) is 2. The van der Waals surface area contributed by atoms with Gasteiger partial charge in [-0.05, 0) is 55.3 Å². The van der Waals surface area contributed by atoms with Gasteiger partial charge in [0.25, 0.3) is 5.91 Å². The van der Waals surface area contributed by atoms with Crippen LogP contribution >= 0.6 is 0 Å². The third-order valence-electron chi connectivity index (χ3n) is 5.98. The van der Waals surface area contributed by atoms with E-state index in [4.69, 9.17) is 9.15 Å². The van der Waals surface area contributed by atoms with Gasteiger partial charge in [0.2, 0.25) is 5.78 Å². The summed E-state index contributed by atoms with van der Waals surface area (Å²) in [6.07, 6.45) is 2.32. The lowest BCUT2D eigenvalue weighted by atomic mass is 9.95. The number of hydrogen-bond donors (Lipinski definition) is 1. The molecule has 1 atom stereocenters. The molecule has 1 aromatic heterocycles. The molecule has 0 saturated carbocycles. The fourth-order valence-electron chi connectivity index (χ4n) is 3.98. The molecule has 0 saturated heterocycles. The lowest BCUT2D eigenvalue weighted by Crippen LogP contribution is -2.38. The van der Waals surface area contributed by atoms with E-state index in [1.54, 1.807) is 11.0 Å². The zero-order valence-corrected chi connectivity index (χ0v) is 19.9. The van der Waals surface area contributed by atoms with Crippen molar-refractivity contribution >= 4 is 11.7 Å². The topological polar surface area (TPSA) is 83.2 Å². The van der Waals surface area contributed by atoms with Crippen LogP contribution in [0.25, 0.3) is 0 Å². The van der Waals surface area contributed by atoms with Crippen LogP contribution in [0.3, 0.4) is 0 Å². The lowest BCUT2D eigenvalue weighted by Gasteiger charge is -2.29. The number of furan rings is 1. The molecule has 0 fully saturated rings. The van der Waals surface area contributed by atoms with Gasteiger partial charge in [-0.1, -0.05) is 39.8 Å². The Morgan fingerprint density at radius 3 is 2.61 bits per heavy atom. The zero-order chi connectivity index (χ0) is 24.0. The number of benzene rings is 1. The summed E-state index contributed by atoms with van der Waals surface area (Å²) in [4.78, 5) is 30.1. The number of ether oxygens (including phenoxy) is 1. The molecule has 1 unspecified atom stereocenters. The fourth-order valence-corrected chi connectivity index (χ4v) is 3.98. The molecule has 1 N–H and O–H groups in total. The maximum atomic E-state index is 13.2. The average Bonchev–Trinajstić information content (AvgIpc) is 3.42. The third-order valence-corrected chi connectivity index (χ3v) is 5.98. The first-order valence-electron chi connectivity index (χ1n) is 11.6. The largest absolute Gasteiger partial charge is 0.503 e. The first-order chi connectivity index (χ1) is 15.9. The second-order valence-corrected chi connectivity index (χ2v) is 8.60. The minimum Gasteiger partial charge on any atom is -0.503 e. The maximum absolute atomic E-state index is 13.2. The van der Waals surface area contributed by atoms with Gasteiger partial charge in [0.05, 0.1) is 24.5 Å². The Hall–Kier alpha value is -3.06. The van der Waals surface area contributed by atoms with Crippen LogP contribution in [-0.4, -0.2) is 59.4 Å². The highest BCUT2D eigenvalue weighted by molar-refractivity contribution is 6.15. The van der Waals surface area contributed by atoms with Crippen molar-refractivity contribution < 1.29 is 23.8 Å². The first kappa shape index (κ1) is 24.6. The van der Waals surface area contributed by atoms with Crippen LogP contribution in [-0.2, 0) is 4.79 Å². The smallest absolute Gasteiger partial charge is 0.290 e. The van der Waals surface area contributed by atoms with Crippen molar-refractivity contribution in [3.05, 3.63) is 65.3 Å². The van der Waals surface area contributed by atoms with Crippen LogP contribution < -0.4 is 4.74 Å². The van der Waals surface area contributed by atoms with Gasteiger partial charge >= 0.3 is 0 Å². The van der Waals surface area contributed by atoms with Crippen molar-refractivity contribution in [3.8, 4) is 5.75 Å². The number of hydrogen-bond acceptors (Lipinski definition) is 6. The second-order valence-electron chi connectivity index (χ2n) is 8.60. The highest BCUT2D eigenvalue weighted by Crippen LogP contribution is 2.39.